The molecule has 0 heterocycles. The largest absolute Gasteiger partial charge is 0.380 e. The van der Waals surface area contributed by atoms with Gasteiger partial charge in [0.15, 0.2) is 5.79 Å². The molecule has 3 nitrogen and oxygen atoms in total. The lowest BCUT2D eigenvalue weighted by molar-refractivity contribution is -0.153. The summed E-state index contributed by atoms with van der Waals surface area (Å²) in [5.41, 5.74) is 2.35. The number of benzene rings is 1. The van der Waals surface area contributed by atoms with Crippen molar-refractivity contribution in [1.29, 1.82) is 0 Å². The second kappa shape index (κ2) is 4.09. The molecular formula is C11H16O3. The summed E-state index contributed by atoms with van der Waals surface area (Å²) in [7, 11) is 1.61. The van der Waals surface area contributed by atoms with Crippen LogP contribution in [0, 0.1) is 6.92 Å². The normalized spacial score (nSPS) is 11.8. The first-order valence-electron chi connectivity index (χ1n) is 4.49. The van der Waals surface area contributed by atoms with Crippen LogP contribution in [0.15, 0.2) is 18.2 Å². The zero-order valence-corrected chi connectivity index (χ0v) is 8.74. The summed E-state index contributed by atoms with van der Waals surface area (Å²) < 4.78 is 5.01. The molecule has 0 amide bonds. The van der Waals surface area contributed by atoms with Crippen LogP contribution in [0.5, 0.6) is 0 Å². The van der Waals surface area contributed by atoms with Crippen LogP contribution in [0.4, 0.5) is 0 Å². The minimum Gasteiger partial charge on any atom is -0.380 e. The Hall–Kier alpha value is -0.900. The summed E-state index contributed by atoms with van der Waals surface area (Å²) in [6, 6.07) is 5.41. The summed E-state index contributed by atoms with van der Waals surface area (Å²) in [5.74, 6) is -1.78. The van der Waals surface area contributed by atoms with E-state index in [1.54, 1.807) is 19.2 Å². The lowest BCUT2D eigenvalue weighted by atomic mass is 9.97. The smallest absolute Gasteiger partial charge is 0.187 e. The van der Waals surface area contributed by atoms with Crippen LogP contribution < -0.4 is 0 Å². The fourth-order valence-corrected chi connectivity index (χ4v) is 1.51. The predicted octanol–water partition coefficient (Wildman–Crippen LogP) is 1.30. The van der Waals surface area contributed by atoms with E-state index in [4.69, 9.17) is 4.74 Å². The van der Waals surface area contributed by atoms with Crippen LogP contribution in [-0.2, 0) is 17.1 Å². The molecule has 0 saturated carbocycles. The second-order valence-corrected chi connectivity index (χ2v) is 3.54. The Morgan fingerprint density at radius 3 is 2.50 bits per heavy atom. The van der Waals surface area contributed by atoms with Gasteiger partial charge >= 0.3 is 0 Å². The minimum atomic E-state index is -1.78. The summed E-state index contributed by atoms with van der Waals surface area (Å²) in [6.45, 7) is 3.69. The maximum atomic E-state index is 9.48. The molecule has 2 N–H and O–H groups in total. The van der Waals surface area contributed by atoms with Gasteiger partial charge in [-0.3, -0.25) is 0 Å². The molecular weight excluding hydrogens is 180 g/mol. The van der Waals surface area contributed by atoms with Crippen LogP contribution in [0.1, 0.15) is 23.6 Å². The van der Waals surface area contributed by atoms with Crippen molar-refractivity contribution in [3.63, 3.8) is 0 Å². The average Bonchev–Trinajstić information content (AvgIpc) is 2.07. The molecule has 0 fully saturated rings. The number of rotatable bonds is 3. The fraction of sp³-hybridized carbons (Fsp3) is 0.455. The van der Waals surface area contributed by atoms with Gasteiger partial charge in [0.05, 0.1) is 6.61 Å². The van der Waals surface area contributed by atoms with Gasteiger partial charge < -0.3 is 14.9 Å². The molecule has 1 rings (SSSR count). The van der Waals surface area contributed by atoms with Crippen molar-refractivity contribution in [3.05, 3.63) is 34.9 Å². The number of aliphatic hydroxyl groups is 2. The maximum absolute atomic E-state index is 9.48. The minimum absolute atomic E-state index is 0.482. The molecule has 0 radical (unpaired) electrons. The molecule has 0 aromatic heterocycles. The van der Waals surface area contributed by atoms with Crippen molar-refractivity contribution in [2.24, 2.45) is 0 Å². The van der Waals surface area contributed by atoms with Gasteiger partial charge in [-0.25, -0.2) is 0 Å². The lowest BCUT2D eigenvalue weighted by Gasteiger charge is -2.20. The summed E-state index contributed by atoms with van der Waals surface area (Å²) in [5, 5.41) is 19.0. The van der Waals surface area contributed by atoms with E-state index >= 15 is 0 Å². The quantitative estimate of drug-likeness (QED) is 0.716. The highest BCUT2D eigenvalue weighted by Crippen LogP contribution is 2.23. The third-order valence-electron chi connectivity index (χ3n) is 2.26. The van der Waals surface area contributed by atoms with Crippen LogP contribution in [0.2, 0.25) is 0 Å². The van der Waals surface area contributed by atoms with Crippen molar-refractivity contribution in [3.8, 4) is 0 Å². The topological polar surface area (TPSA) is 49.7 Å². The van der Waals surface area contributed by atoms with Crippen molar-refractivity contribution in [2.75, 3.05) is 7.11 Å². The standard InChI is InChI=1S/C11H16O3/c1-8-9(7-14-3)5-4-6-10(8)11(2,12)13/h4-6,12-13H,7H2,1-3H3. The summed E-state index contributed by atoms with van der Waals surface area (Å²) >= 11 is 0. The van der Waals surface area contributed by atoms with Gasteiger partial charge in [-0.05, 0) is 25.0 Å². The summed E-state index contributed by atoms with van der Waals surface area (Å²) in [6.07, 6.45) is 0. The second-order valence-electron chi connectivity index (χ2n) is 3.54. The monoisotopic (exact) mass is 196 g/mol. The number of hydrogen-bond donors (Lipinski definition) is 2. The molecule has 0 bridgehead atoms. The van der Waals surface area contributed by atoms with E-state index in [1.165, 1.54) is 6.92 Å². The molecule has 0 aliphatic heterocycles. The van der Waals surface area contributed by atoms with E-state index in [0.717, 1.165) is 11.1 Å². The highest BCUT2D eigenvalue weighted by Gasteiger charge is 2.21. The highest BCUT2D eigenvalue weighted by atomic mass is 16.5. The Morgan fingerprint density at radius 1 is 1.36 bits per heavy atom. The van der Waals surface area contributed by atoms with Gasteiger partial charge in [-0.15, -0.1) is 0 Å². The zero-order chi connectivity index (χ0) is 10.8. The predicted molar refractivity (Wildman–Crippen MR) is 53.7 cm³/mol. The van der Waals surface area contributed by atoms with Crippen molar-refractivity contribution in [2.45, 2.75) is 26.2 Å². The van der Waals surface area contributed by atoms with Gasteiger partial charge in [0.25, 0.3) is 0 Å². The Labute approximate surface area is 84.0 Å². The van der Waals surface area contributed by atoms with Crippen LogP contribution >= 0.6 is 0 Å². The third-order valence-corrected chi connectivity index (χ3v) is 2.26. The SMILES string of the molecule is COCc1cccc(C(C)(O)O)c1C. The van der Waals surface area contributed by atoms with Crippen molar-refractivity contribution >= 4 is 0 Å². The first kappa shape index (κ1) is 11.2. The van der Waals surface area contributed by atoms with Crippen molar-refractivity contribution in [1.82, 2.24) is 0 Å². The van der Waals surface area contributed by atoms with Crippen molar-refractivity contribution < 1.29 is 14.9 Å². The average molecular weight is 196 g/mol. The molecule has 0 spiro atoms. The van der Waals surface area contributed by atoms with E-state index in [-0.39, 0.29) is 0 Å². The van der Waals surface area contributed by atoms with E-state index in [2.05, 4.69) is 0 Å². The molecule has 0 unspecified atom stereocenters. The van der Waals surface area contributed by atoms with E-state index in [9.17, 15) is 10.2 Å². The molecule has 1 aromatic carbocycles. The number of methoxy groups -OCH3 is 1. The van der Waals surface area contributed by atoms with Gasteiger partial charge in [-0.2, -0.15) is 0 Å². The van der Waals surface area contributed by atoms with Gasteiger partial charge in [0, 0.05) is 12.7 Å². The first-order chi connectivity index (χ1) is 6.46. The molecule has 0 saturated heterocycles. The van der Waals surface area contributed by atoms with Gasteiger partial charge in [-0.1, -0.05) is 18.2 Å². The Kier molecular flexibility index (Phi) is 3.26. The van der Waals surface area contributed by atoms with Gasteiger partial charge in [0.2, 0.25) is 0 Å². The van der Waals surface area contributed by atoms with Gasteiger partial charge in [0.1, 0.15) is 0 Å². The molecule has 1 aromatic rings. The molecule has 3 heteroatoms. The first-order valence-corrected chi connectivity index (χ1v) is 4.49. The molecule has 0 atom stereocenters. The summed E-state index contributed by atoms with van der Waals surface area (Å²) in [4.78, 5) is 0. The Bertz CT molecular complexity index is 313. The fourth-order valence-electron chi connectivity index (χ4n) is 1.51. The number of hydrogen-bond acceptors (Lipinski definition) is 3. The van der Waals surface area contributed by atoms with Crippen LogP contribution in [0.25, 0.3) is 0 Å². The van der Waals surface area contributed by atoms with E-state index in [0.29, 0.717) is 12.2 Å². The van der Waals surface area contributed by atoms with Crippen LogP contribution in [0.3, 0.4) is 0 Å². The zero-order valence-electron chi connectivity index (χ0n) is 8.74. The molecule has 0 aliphatic rings. The van der Waals surface area contributed by atoms with E-state index in [1.807, 2.05) is 13.0 Å². The third kappa shape index (κ3) is 2.32. The maximum Gasteiger partial charge on any atom is 0.187 e. The molecule has 78 valence electrons. The molecule has 14 heavy (non-hydrogen) atoms. The van der Waals surface area contributed by atoms with Crippen LogP contribution in [-0.4, -0.2) is 17.3 Å². The van der Waals surface area contributed by atoms with E-state index < -0.39 is 5.79 Å². The lowest BCUT2D eigenvalue weighted by Crippen LogP contribution is -2.21. The number of ether oxygens (including phenoxy) is 1. The Balaban J connectivity index is 3.14. The highest BCUT2D eigenvalue weighted by molar-refractivity contribution is 5.36. The molecule has 0 aliphatic carbocycles. The Morgan fingerprint density at radius 2 is 2.00 bits per heavy atom.